The number of benzene rings is 1. The first-order chi connectivity index (χ1) is 16.2. The van der Waals surface area contributed by atoms with Crippen molar-refractivity contribution >= 4 is 16.9 Å². The fourth-order valence-corrected chi connectivity index (χ4v) is 7.25. The summed E-state index contributed by atoms with van der Waals surface area (Å²) in [5.74, 6) is -0.152. The molecule has 3 fully saturated rings. The second-order valence-electron chi connectivity index (χ2n) is 10.8. The van der Waals surface area contributed by atoms with Gasteiger partial charge in [-0.1, -0.05) is 69.6 Å². The largest absolute Gasteiger partial charge is 0.469 e. The molecule has 4 heteroatoms. The molecule has 4 nitrogen and oxygen atoms in total. The number of para-hydroxylation sites is 1. The van der Waals surface area contributed by atoms with E-state index in [0.717, 1.165) is 23.7 Å². The van der Waals surface area contributed by atoms with E-state index in [4.69, 9.17) is 4.74 Å². The Bertz CT molecular complexity index is 911. The zero-order valence-corrected chi connectivity index (χ0v) is 20.5. The van der Waals surface area contributed by atoms with Crippen molar-refractivity contribution in [3.8, 4) is 0 Å². The molecule has 0 amide bonds. The Kier molecular flexibility index (Phi) is 7.40. The van der Waals surface area contributed by atoms with Crippen LogP contribution in [0.4, 0.5) is 0 Å². The minimum atomic E-state index is -0.152. The number of aromatic nitrogens is 1. The van der Waals surface area contributed by atoms with Crippen molar-refractivity contribution in [1.29, 1.82) is 0 Å². The van der Waals surface area contributed by atoms with Gasteiger partial charge in [0, 0.05) is 41.3 Å². The van der Waals surface area contributed by atoms with Crippen molar-refractivity contribution < 1.29 is 9.53 Å². The van der Waals surface area contributed by atoms with Crippen LogP contribution in [0.1, 0.15) is 101 Å². The summed E-state index contributed by atoms with van der Waals surface area (Å²) in [6.07, 6.45) is 22.1. The minimum Gasteiger partial charge on any atom is -0.469 e. The van der Waals surface area contributed by atoms with Crippen molar-refractivity contribution in [2.24, 2.45) is 0 Å². The summed E-state index contributed by atoms with van der Waals surface area (Å²) in [4.78, 5) is 15.1. The summed E-state index contributed by atoms with van der Waals surface area (Å²) < 4.78 is 7.50. The maximum atomic E-state index is 12.0. The summed E-state index contributed by atoms with van der Waals surface area (Å²) in [6.45, 7) is 0. The van der Waals surface area contributed by atoms with E-state index in [2.05, 4.69) is 39.9 Å². The Morgan fingerprint density at radius 2 is 1.42 bits per heavy atom. The lowest BCUT2D eigenvalue weighted by Crippen LogP contribution is -2.56. The summed E-state index contributed by atoms with van der Waals surface area (Å²) >= 11 is 0. The van der Waals surface area contributed by atoms with Gasteiger partial charge in [-0.2, -0.15) is 0 Å². The number of nitrogens with zero attached hydrogens (tertiary/aromatic N) is 2. The van der Waals surface area contributed by atoms with Gasteiger partial charge < -0.3 is 9.30 Å². The van der Waals surface area contributed by atoms with Crippen LogP contribution in [0.15, 0.2) is 30.5 Å². The number of fused-ring (bicyclic) bond motifs is 3. The lowest BCUT2D eigenvalue weighted by molar-refractivity contribution is -0.139. The Morgan fingerprint density at radius 1 is 0.818 bits per heavy atom. The van der Waals surface area contributed by atoms with E-state index in [1.165, 1.54) is 108 Å². The van der Waals surface area contributed by atoms with Crippen LogP contribution in [0.2, 0.25) is 0 Å². The van der Waals surface area contributed by atoms with Crippen LogP contribution in [0, 0.1) is 0 Å². The third kappa shape index (κ3) is 5.01. The second kappa shape index (κ2) is 10.6. The van der Waals surface area contributed by atoms with E-state index in [0.29, 0.717) is 12.5 Å². The third-order valence-corrected chi connectivity index (χ3v) is 8.78. The molecule has 180 valence electrons. The smallest absolute Gasteiger partial charge is 0.310 e. The molecule has 3 atom stereocenters. The Morgan fingerprint density at radius 3 is 2.09 bits per heavy atom. The molecule has 0 unspecified atom stereocenters. The van der Waals surface area contributed by atoms with Crippen molar-refractivity contribution in [2.45, 2.75) is 120 Å². The molecule has 5 rings (SSSR count). The summed E-state index contributed by atoms with van der Waals surface area (Å²) in [5.41, 5.74) is 2.39. The number of hydrogen-bond donors (Lipinski definition) is 0. The maximum absolute atomic E-state index is 12.0. The summed E-state index contributed by atoms with van der Waals surface area (Å²) in [7, 11) is 1.48. The molecule has 0 spiro atoms. The van der Waals surface area contributed by atoms with Crippen LogP contribution in [-0.2, 0) is 16.0 Å². The number of esters is 1. The molecular formula is C29H42N2O2. The van der Waals surface area contributed by atoms with Gasteiger partial charge >= 0.3 is 5.97 Å². The molecule has 2 saturated heterocycles. The number of methoxy groups -OCH3 is 1. The number of piperidine rings is 2. The highest BCUT2D eigenvalue weighted by atomic mass is 16.5. The van der Waals surface area contributed by atoms with Gasteiger partial charge in [0.1, 0.15) is 0 Å². The van der Waals surface area contributed by atoms with Crippen LogP contribution < -0.4 is 0 Å². The van der Waals surface area contributed by atoms with E-state index in [1.54, 1.807) is 0 Å². The Labute approximate surface area is 199 Å². The first-order valence-corrected chi connectivity index (χ1v) is 13.7. The molecule has 1 aliphatic carbocycles. The zero-order chi connectivity index (χ0) is 22.6. The topological polar surface area (TPSA) is 34.5 Å². The van der Waals surface area contributed by atoms with Gasteiger partial charge in [-0.05, 0) is 50.2 Å². The fourth-order valence-electron chi connectivity index (χ4n) is 7.25. The van der Waals surface area contributed by atoms with Crippen LogP contribution in [0.25, 0.3) is 10.9 Å². The van der Waals surface area contributed by atoms with Crippen molar-refractivity contribution in [2.75, 3.05) is 7.11 Å². The van der Waals surface area contributed by atoms with Crippen molar-refractivity contribution in [3.63, 3.8) is 0 Å². The first kappa shape index (κ1) is 23.0. The number of carbonyl (C=O) groups is 1. The standard InChI is InChI=1S/C29H42N2O2/c1-33-29(32)18-22-21-30(28-17-10-9-16-27(22)28)26-19-24-14-11-15-25(20-26)31(24)23-12-7-5-3-2-4-6-8-13-23/h9-10,16-17,21,23-26H,2-8,11-15,18-20H2,1H3/t24-,25+,26+. The Hall–Kier alpha value is -1.81. The van der Waals surface area contributed by atoms with Crippen LogP contribution >= 0.6 is 0 Å². The fraction of sp³-hybridized carbons (Fsp3) is 0.690. The van der Waals surface area contributed by atoms with Crippen molar-refractivity contribution in [1.82, 2.24) is 9.47 Å². The van der Waals surface area contributed by atoms with E-state index < -0.39 is 0 Å². The van der Waals surface area contributed by atoms with Gasteiger partial charge in [-0.3, -0.25) is 9.69 Å². The lowest BCUT2D eigenvalue weighted by Gasteiger charge is -2.53. The van der Waals surface area contributed by atoms with Gasteiger partial charge in [-0.25, -0.2) is 0 Å². The predicted molar refractivity (Wildman–Crippen MR) is 135 cm³/mol. The normalized spacial score (nSPS) is 28.0. The van der Waals surface area contributed by atoms with E-state index >= 15 is 0 Å². The van der Waals surface area contributed by atoms with Crippen LogP contribution in [0.3, 0.4) is 0 Å². The molecule has 1 aromatic heterocycles. The molecular weight excluding hydrogens is 408 g/mol. The molecule has 3 aliphatic rings. The maximum Gasteiger partial charge on any atom is 0.310 e. The average Bonchev–Trinajstić information content (AvgIpc) is 3.20. The van der Waals surface area contributed by atoms with E-state index in [1.807, 2.05) is 0 Å². The lowest BCUT2D eigenvalue weighted by atomic mass is 9.79. The number of rotatable bonds is 4. The Balaban J connectivity index is 1.38. The van der Waals surface area contributed by atoms with Gasteiger partial charge in [0.15, 0.2) is 0 Å². The van der Waals surface area contributed by atoms with Gasteiger partial charge in [0.2, 0.25) is 0 Å². The van der Waals surface area contributed by atoms with Crippen LogP contribution in [-0.4, -0.2) is 40.7 Å². The molecule has 3 heterocycles. The monoisotopic (exact) mass is 450 g/mol. The zero-order valence-electron chi connectivity index (χ0n) is 20.5. The molecule has 1 aromatic carbocycles. The van der Waals surface area contributed by atoms with Gasteiger partial charge in [0.05, 0.1) is 13.5 Å². The molecule has 0 radical (unpaired) electrons. The second-order valence-corrected chi connectivity index (χ2v) is 10.8. The van der Waals surface area contributed by atoms with Crippen molar-refractivity contribution in [3.05, 3.63) is 36.0 Å². The quantitative estimate of drug-likeness (QED) is 0.480. The highest BCUT2D eigenvalue weighted by Crippen LogP contribution is 2.43. The SMILES string of the molecule is COC(=O)Cc1cn([C@H]2C[C@H]3CCC[C@@H](C2)N3C2CCCCCCCCC2)c2ccccc12. The molecule has 2 aromatic rings. The minimum absolute atomic E-state index is 0.152. The van der Waals surface area contributed by atoms with E-state index in [9.17, 15) is 4.79 Å². The number of carbonyl (C=O) groups excluding carboxylic acids is 1. The van der Waals surface area contributed by atoms with Crippen LogP contribution in [0.5, 0.6) is 0 Å². The average molecular weight is 451 g/mol. The van der Waals surface area contributed by atoms with Gasteiger partial charge in [-0.15, -0.1) is 0 Å². The highest BCUT2D eigenvalue weighted by Gasteiger charge is 2.42. The summed E-state index contributed by atoms with van der Waals surface area (Å²) in [6, 6.07) is 11.4. The molecule has 0 N–H and O–H groups in total. The summed E-state index contributed by atoms with van der Waals surface area (Å²) in [5, 5.41) is 1.21. The predicted octanol–water partition coefficient (Wildman–Crippen LogP) is 6.81. The third-order valence-electron chi connectivity index (χ3n) is 8.78. The molecule has 1 saturated carbocycles. The first-order valence-electron chi connectivity index (χ1n) is 13.7. The highest BCUT2D eigenvalue weighted by molar-refractivity contribution is 5.88. The number of hydrogen-bond acceptors (Lipinski definition) is 3. The molecule has 2 aliphatic heterocycles. The molecule has 33 heavy (non-hydrogen) atoms. The molecule has 2 bridgehead atoms. The number of ether oxygens (including phenoxy) is 1. The van der Waals surface area contributed by atoms with E-state index in [-0.39, 0.29) is 5.97 Å². The van der Waals surface area contributed by atoms with Gasteiger partial charge in [0.25, 0.3) is 0 Å².